The zero-order valence-electron chi connectivity index (χ0n) is 17.3. The number of benzene rings is 1. The SMILES string of the molecule is Cc1cccc(C(=O)N2CCc3c(nc(-c4ccncc4)nc3N(C)C)C2)c1C. The molecule has 1 amide bonds. The van der Waals surface area contributed by atoms with E-state index in [2.05, 4.69) is 4.98 Å². The molecule has 148 valence electrons. The zero-order valence-corrected chi connectivity index (χ0v) is 17.3. The summed E-state index contributed by atoms with van der Waals surface area (Å²) in [7, 11) is 3.99. The lowest BCUT2D eigenvalue weighted by molar-refractivity contribution is 0.0731. The van der Waals surface area contributed by atoms with E-state index in [1.54, 1.807) is 12.4 Å². The molecule has 4 rings (SSSR count). The van der Waals surface area contributed by atoms with Gasteiger partial charge in [0.05, 0.1) is 12.2 Å². The maximum absolute atomic E-state index is 13.2. The Hall–Kier alpha value is -3.28. The fourth-order valence-corrected chi connectivity index (χ4v) is 3.74. The quantitative estimate of drug-likeness (QED) is 0.689. The number of fused-ring (bicyclic) bond motifs is 1. The molecule has 1 aliphatic rings. The Labute approximate surface area is 171 Å². The fourth-order valence-electron chi connectivity index (χ4n) is 3.74. The van der Waals surface area contributed by atoms with Crippen LogP contribution >= 0.6 is 0 Å². The Balaban J connectivity index is 1.72. The molecule has 0 fully saturated rings. The van der Waals surface area contributed by atoms with Crippen molar-refractivity contribution in [1.29, 1.82) is 0 Å². The van der Waals surface area contributed by atoms with Gasteiger partial charge in [0.2, 0.25) is 0 Å². The molecule has 3 aromatic rings. The zero-order chi connectivity index (χ0) is 20.5. The van der Waals surface area contributed by atoms with E-state index in [0.29, 0.717) is 18.9 Å². The van der Waals surface area contributed by atoms with E-state index in [1.165, 1.54) is 0 Å². The topological polar surface area (TPSA) is 62.2 Å². The molecular formula is C23H25N5O. The predicted octanol–water partition coefficient (Wildman–Crippen LogP) is 3.42. The molecule has 0 radical (unpaired) electrons. The molecule has 0 N–H and O–H groups in total. The van der Waals surface area contributed by atoms with E-state index in [1.807, 2.05) is 68.1 Å². The van der Waals surface area contributed by atoms with Gasteiger partial charge in [-0.2, -0.15) is 0 Å². The summed E-state index contributed by atoms with van der Waals surface area (Å²) in [6, 6.07) is 9.70. The molecule has 2 aromatic heterocycles. The highest BCUT2D eigenvalue weighted by Gasteiger charge is 2.27. The Bertz CT molecular complexity index is 1060. The first kappa shape index (κ1) is 19.1. The molecule has 6 heteroatoms. The highest BCUT2D eigenvalue weighted by atomic mass is 16.2. The number of rotatable bonds is 3. The number of aryl methyl sites for hydroxylation is 1. The van der Waals surface area contributed by atoms with Gasteiger partial charge in [-0.15, -0.1) is 0 Å². The van der Waals surface area contributed by atoms with Crippen LogP contribution in [-0.4, -0.2) is 46.4 Å². The average molecular weight is 387 g/mol. The second-order valence-electron chi connectivity index (χ2n) is 7.65. The minimum absolute atomic E-state index is 0.0623. The van der Waals surface area contributed by atoms with Crippen molar-refractivity contribution in [3.05, 3.63) is 70.7 Å². The van der Waals surface area contributed by atoms with Crippen LogP contribution in [0, 0.1) is 13.8 Å². The summed E-state index contributed by atoms with van der Waals surface area (Å²) >= 11 is 0. The molecule has 3 heterocycles. The molecule has 0 atom stereocenters. The van der Waals surface area contributed by atoms with Crippen molar-refractivity contribution in [2.75, 3.05) is 25.5 Å². The van der Waals surface area contributed by atoms with Gasteiger partial charge in [0, 0.05) is 49.7 Å². The summed E-state index contributed by atoms with van der Waals surface area (Å²) in [5.74, 6) is 1.64. The van der Waals surface area contributed by atoms with Gasteiger partial charge in [-0.3, -0.25) is 9.78 Å². The van der Waals surface area contributed by atoms with Crippen molar-refractivity contribution in [3.63, 3.8) is 0 Å². The van der Waals surface area contributed by atoms with E-state index in [0.717, 1.165) is 45.7 Å². The molecule has 0 bridgehead atoms. The predicted molar refractivity (Wildman–Crippen MR) is 114 cm³/mol. The van der Waals surface area contributed by atoms with Crippen LogP contribution in [0.3, 0.4) is 0 Å². The van der Waals surface area contributed by atoms with Crippen molar-refractivity contribution in [1.82, 2.24) is 19.9 Å². The summed E-state index contributed by atoms with van der Waals surface area (Å²) in [5, 5.41) is 0. The molecule has 1 aromatic carbocycles. The summed E-state index contributed by atoms with van der Waals surface area (Å²) in [5.41, 5.74) is 5.90. The number of carbonyl (C=O) groups is 1. The number of hydrogen-bond donors (Lipinski definition) is 0. The number of carbonyl (C=O) groups excluding carboxylic acids is 1. The monoisotopic (exact) mass is 387 g/mol. The minimum atomic E-state index is 0.0623. The summed E-state index contributed by atoms with van der Waals surface area (Å²) in [6.45, 7) is 5.20. The number of nitrogens with zero attached hydrogens (tertiary/aromatic N) is 5. The Morgan fingerprint density at radius 2 is 1.83 bits per heavy atom. The average Bonchev–Trinajstić information content (AvgIpc) is 2.74. The van der Waals surface area contributed by atoms with E-state index < -0.39 is 0 Å². The molecule has 0 unspecified atom stereocenters. The van der Waals surface area contributed by atoms with Gasteiger partial charge < -0.3 is 9.80 Å². The van der Waals surface area contributed by atoms with Gasteiger partial charge in [0.25, 0.3) is 5.91 Å². The van der Waals surface area contributed by atoms with E-state index in [4.69, 9.17) is 9.97 Å². The van der Waals surface area contributed by atoms with Gasteiger partial charge in [-0.05, 0) is 49.6 Å². The van der Waals surface area contributed by atoms with Crippen molar-refractivity contribution in [2.45, 2.75) is 26.8 Å². The second-order valence-corrected chi connectivity index (χ2v) is 7.65. The number of amides is 1. The van der Waals surface area contributed by atoms with Crippen LogP contribution in [0.2, 0.25) is 0 Å². The van der Waals surface area contributed by atoms with Crippen LogP contribution in [0.25, 0.3) is 11.4 Å². The van der Waals surface area contributed by atoms with Gasteiger partial charge >= 0.3 is 0 Å². The highest BCUT2D eigenvalue weighted by Crippen LogP contribution is 2.29. The lowest BCUT2D eigenvalue weighted by Crippen LogP contribution is -2.37. The summed E-state index contributed by atoms with van der Waals surface area (Å²) < 4.78 is 0. The van der Waals surface area contributed by atoms with Crippen molar-refractivity contribution in [3.8, 4) is 11.4 Å². The van der Waals surface area contributed by atoms with E-state index >= 15 is 0 Å². The van der Waals surface area contributed by atoms with E-state index in [-0.39, 0.29) is 5.91 Å². The summed E-state index contributed by atoms with van der Waals surface area (Å²) in [6.07, 6.45) is 4.23. The standard InChI is InChI=1S/C23H25N5O/c1-15-6-5-7-18(16(15)2)23(29)28-13-10-19-20(14-28)25-21(26-22(19)27(3)4)17-8-11-24-12-9-17/h5-9,11-12H,10,13-14H2,1-4H3. The Kier molecular flexibility index (Phi) is 5.01. The fraction of sp³-hybridized carbons (Fsp3) is 0.304. The molecular weight excluding hydrogens is 362 g/mol. The smallest absolute Gasteiger partial charge is 0.254 e. The number of anilines is 1. The molecule has 6 nitrogen and oxygen atoms in total. The number of hydrogen-bond acceptors (Lipinski definition) is 5. The molecule has 29 heavy (non-hydrogen) atoms. The van der Waals surface area contributed by atoms with Crippen LogP contribution in [0.5, 0.6) is 0 Å². The first-order valence-corrected chi connectivity index (χ1v) is 9.78. The first-order valence-electron chi connectivity index (χ1n) is 9.78. The second kappa shape index (κ2) is 7.62. The molecule has 0 aliphatic carbocycles. The Morgan fingerprint density at radius 3 is 2.55 bits per heavy atom. The highest BCUT2D eigenvalue weighted by molar-refractivity contribution is 5.96. The van der Waals surface area contributed by atoms with Crippen molar-refractivity contribution < 1.29 is 4.79 Å². The van der Waals surface area contributed by atoms with E-state index in [9.17, 15) is 4.79 Å². The van der Waals surface area contributed by atoms with Crippen LogP contribution < -0.4 is 4.90 Å². The lowest BCUT2D eigenvalue weighted by Gasteiger charge is -2.31. The van der Waals surface area contributed by atoms with Gasteiger partial charge in [-0.1, -0.05) is 12.1 Å². The van der Waals surface area contributed by atoms with Crippen molar-refractivity contribution in [2.24, 2.45) is 0 Å². The maximum Gasteiger partial charge on any atom is 0.254 e. The number of pyridine rings is 1. The van der Waals surface area contributed by atoms with Crippen LogP contribution in [-0.2, 0) is 13.0 Å². The molecule has 1 aliphatic heterocycles. The Morgan fingerprint density at radius 1 is 1.07 bits per heavy atom. The third-order valence-electron chi connectivity index (χ3n) is 5.53. The number of aromatic nitrogens is 3. The van der Waals surface area contributed by atoms with Gasteiger partial charge in [-0.25, -0.2) is 9.97 Å². The molecule has 0 saturated carbocycles. The van der Waals surface area contributed by atoms with Gasteiger partial charge in [0.1, 0.15) is 5.82 Å². The van der Waals surface area contributed by atoms with Gasteiger partial charge in [0.15, 0.2) is 5.82 Å². The minimum Gasteiger partial charge on any atom is -0.362 e. The summed E-state index contributed by atoms with van der Waals surface area (Å²) in [4.78, 5) is 30.8. The molecule has 0 saturated heterocycles. The van der Waals surface area contributed by atoms with Crippen LogP contribution in [0.15, 0.2) is 42.7 Å². The third kappa shape index (κ3) is 3.58. The maximum atomic E-state index is 13.2. The van der Waals surface area contributed by atoms with Crippen LogP contribution in [0.4, 0.5) is 5.82 Å². The first-order chi connectivity index (χ1) is 14.0. The largest absolute Gasteiger partial charge is 0.362 e. The van der Waals surface area contributed by atoms with Crippen LogP contribution in [0.1, 0.15) is 32.7 Å². The third-order valence-corrected chi connectivity index (χ3v) is 5.53. The lowest BCUT2D eigenvalue weighted by atomic mass is 10.00. The molecule has 0 spiro atoms. The normalized spacial score (nSPS) is 13.2. The van der Waals surface area contributed by atoms with Crippen molar-refractivity contribution >= 4 is 11.7 Å².